The van der Waals surface area contributed by atoms with E-state index >= 15 is 0 Å². The van der Waals surface area contributed by atoms with Gasteiger partial charge in [0.05, 0.1) is 21.5 Å². The number of nitro groups is 1. The number of benzene rings is 2. The molecule has 0 aromatic heterocycles. The smallest absolute Gasteiger partial charge is 0.271 e. The maximum absolute atomic E-state index is 12.8. The first kappa shape index (κ1) is 21.4. The van der Waals surface area contributed by atoms with Crippen molar-refractivity contribution in [2.24, 2.45) is 0 Å². The van der Waals surface area contributed by atoms with Crippen molar-refractivity contribution in [3.05, 3.63) is 69.3 Å². The highest BCUT2D eigenvalue weighted by atomic mass is 32.2. The normalized spacial score (nSPS) is 14.9. The fourth-order valence-corrected chi connectivity index (χ4v) is 3.94. The number of amides is 1. The van der Waals surface area contributed by atoms with E-state index in [0.717, 1.165) is 24.0 Å². The number of rotatable bonds is 5. The van der Waals surface area contributed by atoms with Crippen molar-refractivity contribution in [2.45, 2.75) is 11.4 Å². The van der Waals surface area contributed by atoms with Crippen LogP contribution in [-0.2, 0) is 16.4 Å². The minimum atomic E-state index is -3.70. The zero-order chi connectivity index (χ0) is 21.9. The predicted octanol–water partition coefficient (Wildman–Crippen LogP) is 1.83. The molecule has 156 valence electrons. The van der Waals surface area contributed by atoms with Gasteiger partial charge in [-0.2, -0.15) is 5.26 Å². The summed E-state index contributed by atoms with van der Waals surface area (Å²) in [4.78, 5) is 26.8. The quantitative estimate of drug-likeness (QED) is 0.525. The van der Waals surface area contributed by atoms with E-state index in [1.165, 1.54) is 6.07 Å². The monoisotopic (exact) mass is 428 g/mol. The molecular weight excluding hydrogens is 408 g/mol. The second kappa shape index (κ2) is 8.61. The lowest BCUT2D eigenvalue weighted by molar-refractivity contribution is -0.385. The third kappa shape index (κ3) is 5.00. The summed E-state index contributed by atoms with van der Waals surface area (Å²) in [5, 5.41) is 20.0. The Hall–Kier alpha value is -3.29. The maximum Gasteiger partial charge on any atom is 0.271 e. The number of nitriles is 1. The summed E-state index contributed by atoms with van der Waals surface area (Å²) in [7, 11) is -3.70. The van der Waals surface area contributed by atoms with Crippen LogP contribution in [0.25, 0.3) is 0 Å². The van der Waals surface area contributed by atoms with Crippen molar-refractivity contribution < 1.29 is 18.1 Å². The number of nitrogens with zero attached hydrogens (tertiary/aromatic N) is 4. The topological polar surface area (TPSA) is 125 Å². The molecule has 0 bridgehead atoms. The van der Waals surface area contributed by atoms with E-state index in [4.69, 9.17) is 5.26 Å². The van der Waals surface area contributed by atoms with E-state index in [1.807, 2.05) is 12.1 Å². The molecule has 9 nitrogen and oxygen atoms in total. The second-order valence-corrected chi connectivity index (χ2v) is 9.14. The standard InChI is InChI=1S/C20H20N4O5S/c1-30(28,29)19-11-17(10-18(12-19)24(26)27)20(25)23-8-6-22(7-9-23)14-16-4-2-15(13-21)3-5-16/h2-5,10-12H,6-9,14H2,1H3. The van der Waals surface area contributed by atoms with Crippen LogP contribution in [0.1, 0.15) is 21.5 Å². The Labute approximate surface area is 174 Å². The zero-order valence-electron chi connectivity index (χ0n) is 16.3. The molecule has 0 spiro atoms. The Morgan fingerprint density at radius 3 is 2.30 bits per heavy atom. The molecule has 0 atom stereocenters. The molecule has 3 rings (SSSR count). The summed E-state index contributed by atoms with van der Waals surface area (Å²) in [6.45, 7) is 2.75. The number of hydrogen-bond donors (Lipinski definition) is 0. The van der Waals surface area contributed by atoms with E-state index in [1.54, 1.807) is 17.0 Å². The number of piperazine rings is 1. The number of sulfone groups is 1. The van der Waals surface area contributed by atoms with Crippen LogP contribution in [0.5, 0.6) is 0 Å². The van der Waals surface area contributed by atoms with E-state index in [9.17, 15) is 23.3 Å². The molecule has 0 aliphatic carbocycles. The first-order valence-corrected chi connectivity index (χ1v) is 11.1. The summed E-state index contributed by atoms with van der Waals surface area (Å²) < 4.78 is 23.7. The summed E-state index contributed by atoms with van der Waals surface area (Å²) in [5.41, 5.74) is 1.22. The Bertz CT molecular complexity index is 1110. The van der Waals surface area contributed by atoms with Crippen molar-refractivity contribution in [1.82, 2.24) is 9.80 Å². The lowest BCUT2D eigenvalue weighted by atomic mass is 10.1. The highest BCUT2D eigenvalue weighted by Crippen LogP contribution is 2.22. The second-order valence-electron chi connectivity index (χ2n) is 7.12. The molecule has 1 fully saturated rings. The summed E-state index contributed by atoms with van der Waals surface area (Å²) in [6, 6.07) is 12.6. The molecule has 10 heteroatoms. The van der Waals surface area contributed by atoms with Crippen molar-refractivity contribution in [2.75, 3.05) is 32.4 Å². The minimum absolute atomic E-state index is 0.00910. The van der Waals surface area contributed by atoms with Gasteiger partial charge in [0.25, 0.3) is 11.6 Å². The van der Waals surface area contributed by atoms with Crippen LogP contribution in [0, 0.1) is 21.4 Å². The van der Waals surface area contributed by atoms with E-state index in [-0.39, 0.29) is 10.5 Å². The van der Waals surface area contributed by atoms with E-state index in [0.29, 0.717) is 38.3 Å². The van der Waals surface area contributed by atoms with E-state index in [2.05, 4.69) is 11.0 Å². The zero-order valence-corrected chi connectivity index (χ0v) is 17.1. The van der Waals surface area contributed by atoms with Crippen molar-refractivity contribution in [1.29, 1.82) is 5.26 Å². The van der Waals surface area contributed by atoms with Gasteiger partial charge in [0.1, 0.15) is 0 Å². The number of carbonyl (C=O) groups excluding carboxylic acids is 1. The Morgan fingerprint density at radius 1 is 1.13 bits per heavy atom. The number of non-ortho nitro benzene ring substituents is 1. The molecule has 2 aromatic carbocycles. The molecule has 1 aliphatic heterocycles. The molecule has 0 unspecified atom stereocenters. The SMILES string of the molecule is CS(=O)(=O)c1cc(C(=O)N2CCN(Cc3ccc(C#N)cc3)CC2)cc([N+](=O)[O-])c1. The molecule has 1 aliphatic rings. The molecule has 1 saturated heterocycles. The van der Waals surface area contributed by atoms with Gasteiger partial charge in [-0.3, -0.25) is 19.8 Å². The molecule has 0 saturated carbocycles. The minimum Gasteiger partial charge on any atom is -0.336 e. The fraction of sp³-hybridized carbons (Fsp3) is 0.300. The van der Waals surface area contributed by atoms with Gasteiger partial charge < -0.3 is 4.90 Å². The third-order valence-corrected chi connectivity index (χ3v) is 6.02. The summed E-state index contributed by atoms with van der Waals surface area (Å²) in [5.74, 6) is -0.429. The molecule has 2 aromatic rings. The molecule has 30 heavy (non-hydrogen) atoms. The molecule has 1 heterocycles. The van der Waals surface area contributed by atoms with Gasteiger partial charge in [-0.15, -0.1) is 0 Å². The van der Waals surface area contributed by atoms with Crippen LogP contribution in [0.4, 0.5) is 5.69 Å². The highest BCUT2D eigenvalue weighted by molar-refractivity contribution is 7.90. The number of carbonyl (C=O) groups is 1. The van der Waals surface area contributed by atoms with Gasteiger partial charge in [-0.25, -0.2) is 8.42 Å². The predicted molar refractivity (Wildman–Crippen MR) is 109 cm³/mol. The molecule has 0 radical (unpaired) electrons. The first-order chi connectivity index (χ1) is 14.2. The third-order valence-electron chi connectivity index (χ3n) is 4.93. The fourth-order valence-electron chi connectivity index (χ4n) is 3.26. The largest absolute Gasteiger partial charge is 0.336 e. The average molecular weight is 428 g/mol. The molecule has 0 N–H and O–H groups in total. The van der Waals surface area contributed by atoms with Gasteiger partial charge in [0.2, 0.25) is 0 Å². The number of nitro benzene ring substituents is 1. The van der Waals surface area contributed by atoms with Crippen LogP contribution < -0.4 is 0 Å². The maximum atomic E-state index is 12.8. The first-order valence-electron chi connectivity index (χ1n) is 9.17. The van der Waals surface area contributed by atoms with Crippen LogP contribution >= 0.6 is 0 Å². The molecular formula is C20H20N4O5S. The van der Waals surface area contributed by atoms with Crippen LogP contribution in [0.2, 0.25) is 0 Å². The lowest BCUT2D eigenvalue weighted by Crippen LogP contribution is -2.48. The van der Waals surface area contributed by atoms with Gasteiger partial charge in [-0.1, -0.05) is 12.1 Å². The Morgan fingerprint density at radius 2 is 1.77 bits per heavy atom. The number of hydrogen-bond acceptors (Lipinski definition) is 7. The highest BCUT2D eigenvalue weighted by Gasteiger charge is 2.25. The Kier molecular flexibility index (Phi) is 6.14. The van der Waals surface area contributed by atoms with Crippen LogP contribution in [0.3, 0.4) is 0 Å². The van der Waals surface area contributed by atoms with Gasteiger partial charge in [0, 0.05) is 56.7 Å². The van der Waals surface area contributed by atoms with Gasteiger partial charge >= 0.3 is 0 Å². The average Bonchev–Trinajstić information content (AvgIpc) is 2.73. The van der Waals surface area contributed by atoms with Crippen molar-refractivity contribution in [3.63, 3.8) is 0 Å². The summed E-state index contributed by atoms with van der Waals surface area (Å²) in [6.07, 6.45) is 0.947. The molecule has 1 amide bonds. The van der Waals surface area contributed by atoms with Gasteiger partial charge in [0.15, 0.2) is 9.84 Å². The van der Waals surface area contributed by atoms with Crippen LogP contribution in [0.15, 0.2) is 47.4 Å². The van der Waals surface area contributed by atoms with Crippen molar-refractivity contribution >= 4 is 21.4 Å². The van der Waals surface area contributed by atoms with E-state index < -0.39 is 26.4 Å². The van der Waals surface area contributed by atoms with Gasteiger partial charge in [-0.05, 0) is 23.8 Å². The lowest BCUT2D eigenvalue weighted by Gasteiger charge is -2.34. The van der Waals surface area contributed by atoms with Crippen LogP contribution in [-0.4, -0.2) is 61.5 Å². The Balaban J connectivity index is 1.69. The summed E-state index contributed by atoms with van der Waals surface area (Å²) >= 11 is 0. The van der Waals surface area contributed by atoms with Crippen molar-refractivity contribution in [3.8, 4) is 6.07 Å².